The molecule has 226 valence electrons. The summed E-state index contributed by atoms with van der Waals surface area (Å²) in [5, 5.41) is 2.97. The van der Waals surface area contributed by atoms with Crippen LogP contribution in [0, 0.1) is 0 Å². The Bertz CT molecular complexity index is 2050. The number of carbonyl (C=O) groups is 1. The minimum Gasteiger partial charge on any atom is -0.497 e. The van der Waals surface area contributed by atoms with Crippen molar-refractivity contribution in [2.45, 2.75) is 19.6 Å². The molecule has 0 saturated heterocycles. The van der Waals surface area contributed by atoms with Gasteiger partial charge in [0.1, 0.15) is 12.4 Å². The molecular weight excluding hydrogens is 586 g/mol. The Morgan fingerprint density at radius 3 is 2.31 bits per heavy atom. The van der Waals surface area contributed by atoms with Crippen molar-refractivity contribution in [1.29, 1.82) is 0 Å². The van der Waals surface area contributed by atoms with Gasteiger partial charge in [-0.05, 0) is 66.1 Å². The van der Waals surface area contributed by atoms with E-state index in [0.29, 0.717) is 50.1 Å². The van der Waals surface area contributed by atoms with Crippen LogP contribution in [0.25, 0.3) is 6.08 Å². The number of benzene rings is 4. The molecule has 0 spiro atoms. The molecule has 6 rings (SSSR count). The molecule has 9 heteroatoms. The van der Waals surface area contributed by atoms with E-state index in [9.17, 15) is 9.59 Å². The Hall–Kier alpha value is -5.41. The number of ether oxygens (including phenoxy) is 3. The van der Waals surface area contributed by atoms with E-state index in [1.54, 1.807) is 25.7 Å². The molecule has 8 nitrogen and oxygen atoms in total. The lowest BCUT2D eigenvalue weighted by Gasteiger charge is -2.25. The lowest BCUT2D eigenvalue weighted by atomic mass is 9.95. The fraction of sp³-hybridized carbons (Fsp3) is 0.139. The first-order valence-electron chi connectivity index (χ1n) is 14.3. The number of nitrogens with one attached hydrogen (secondary N) is 1. The van der Waals surface area contributed by atoms with Crippen molar-refractivity contribution in [3.05, 3.63) is 151 Å². The third-order valence-electron chi connectivity index (χ3n) is 7.45. The van der Waals surface area contributed by atoms with E-state index in [2.05, 4.69) is 5.32 Å². The fourth-order valence-electron chi connectivity index (χ4n) is 5.21. The highest BCUT2D eigenvalue weighted by Gasteiger charge is 2.32. The summed E-state index contributed by atoms with van der Waals surface area (Å²) in [4.78, 5) is 33.1. The number of allylic oxidation sites excluding steroid dienone is 1. The van der Waals surface area contributed by atoms with Gasteiger partial charge in [0, 0.05) is 5.69 Å². The van der Waals surface area contributed by atoms with Crippen molar-refractivity contribution < 1.29 is 19.0 Å². The van der Waals surface area contributed by atoms with Crippen molar-refractivity contribution in [3.8, 4) is 17.2 Å². The zero-order valence-corrected chi connectivity index (χ0v) is 25.8. The lowest BCUT2D eigenvalue weighted by molar-refractivity contribution is -0.113. The highest BCUT2D eigenvalue weighted by Crippen LogP contribution is 2.32. The molecule has 0 unspecified atom stereocenters. The summed E-state index contributed by atoms with van der Waals surface area (Å²) in [6.45, 7) is 2.20. The van der Waals surface area contributed by atoms with Gasteiger partial charge in [-0.1, -0.05) is 78.1 Å². The van der Waals surface area contributed by atoms with E-state index < -0.39 is 6.04 Å². The number of carbonyl (C=O) groups excluding carboxylic acids is 1. The number of para-hydroxylation sites is 1. The number of thiazole rings is 1. The highest BCUT2D eigenvalue weighted by atomic mass is 32.1. The minimum atomic E-state index is -0.693. The van der Waals surface area contributed by atoms with Crippen molar-refractivity contribution >= 4 is 29.0 Å². The molecule has 4 aromatic carbocycles. The maximum Gasteiger partial charge on any atom is 0.271 e. The summed E-state index contributed by atoms with van der Waals surface area (Å²) in [5.41, 5.74) is 3.91. The molecule has 1 amide bonds. The van der Waals surface area contributed by atoms with Gasteiger partial charge in [-0.2, -0.15) is 0 Å². The Kier molecular flexibility index (Phi) is 8.61. The van der Waals surface area contributed by atoms with E-state index >= 15 is 0 Å². The first kappa shape index (κ1) is 29.7. The molecule has 0 bridgehead atoms. The molecule has 1 aliphatic rings. The van der Waals surface area contributed by atoms with Gasteiger partial charge in [-0.15, -0.1) is 0 Å². The van der Waals surface area contributed by atoms with Crippen LogP contribution < -0.4 is 34.4 Å². The molecule has 1 aliphatic heterocycles. The van der Waals surface area contributed by atoms with Gasteiger partial charge in [0.2, 0.25) is 0 Å². The van der Waals surface area contributed by atoms with Gasteiger partial charge >= 0.3 is 0 Å². The molecule has 1 atom stereocenters. The second-order valence-corrected chi connectivity index (χ2v) is 11.4. The van der Waals surface area contributed by atoms with Gasteiger partial charge in [-0.3, -0.25) is 14.2 Å². The predicted molar refractivity (Wildman–Crippen MR) is 176 cm³/mol. The third kappa shape index (κ3) is 6.30. The second-order valence-electron chi connectivity index (χ2n) is 10.4. The van der Waals surface area contributed by atoms with E-state index in [1.165, 1.54) is 11.3 Å². The van der Waals surface area contributed by atoms with E-state index in [-0.39, 0.29) is 11.5 Å². The predicted octanol–water partition coefficient (Wildman–Crippen LogP) is 5.47. The number of methoxy groups -OCH3 is 2. The van der Waals surface area contributed by atoms with Crippen LogP contribution in [0.1, 0.15) is 29.7 Å². The molecule has 0 fully saturated rings. The van der Waals surface area contributed by atoms with Crippen LogP contribution in [-0.4, -0.2) is 24.7 Å². The van der Waals surface area contributed by atoms with Gasteiger partial charge in [0.15, 0.2) is 16.3 Å². The topological polar surface area (TPSA) is 91.2 Å². The Balaban J connectivity index is 1.39. The van der Waals surface area contributed by atoms with Gasteiger partial charge in [0.05, 0.1) is 36.1 Å². The third-order valence-corrected chi connectivity index (χ3v) is 8.44. The molecule has 0 saturated carbocycles. The van der Waals surface area contributed by atoms with Crippen LogP contribution in [0.5, 0.6) is 17.2 Å². The van der Waals surface area contributed by atoms with Crippen molar-refractivity contribution in [1.82, 2.24) is 4.57 Å². The lowest BCUT2D eigenvalue weighted by Crippen LogP contribution is -2.40. The van der Waals surface area contributed by atoms with Crippen LogP contribution in [0.15, 0.2) is 124 Å². The standard InChI is InChI=1S/C36H31N3O5S/c1-23-32(34(40)38-27-12-8-5-9-13-27)33(26-15-17-28(42-2)18-16-26)39-35(41)31(45-36(39)37-23)21-25-14-19-29(30(20-25)43-3)44-22-24-10-6-4-7-11-24/h4-21,33H,22H2,1-3H3,(H,38,40)/b31-21+/t33-/m0/s1. The van der Waals surface area contributed by atoms with Crippen LogP contribution >= 0.6 is 11.3 Å². The number of rotatable bonds is 9. The first-order chi connectivity index (χ1) is 21.9. The highest BCUT2D eigenvalue weighted by molar-refractivity contribution is 7.07. The molecular formula is C36H31N3O5S. The SMILES string of the molecule is COc1ccc([C@H]2C(C(=O)Nc3ccccc3)=C(C)N=c3s/c(=C/c4ccc(OCc5ccccc5)c(OC)c4)c(=O)n32)cc1. The minimum absolute atomic E-state index is 0.250. The molecule has 0 aliphatic carbocycles. The number of hydrogen-bond donors (Lipinski definition) is 1. The molecule has 1 N–H and O–H groups in total. The van der Waals surface area contributed by atoms with E-state index in [0.717, 1.165) is 16.7 Å². The molecule has 0 radical (unpaired) electrons. The van der Waals surface area contributed by atoms with Crippen LogP contribution in [-0.2, 0) is 11.4 Å². The zero-order chi connectivity index (χ0) is 31.3. The van der Waals surface area contributed by atoms with E-state index in [4.69, 9.17) is 19.2 Å². The monoisotopic (exact) mass is 617 g/mol. The Morgan fingerprint density at radius 2 is 1.62 bits per heavy atom. The quantitative estimate of drug-likeness (QED) is 0.237. The molecule has 2 heterocycles. The van der Waals surface area contributed by atoms with Crippen molar-refractivity contribution in [2.75, 3.05) is 19.5 Å². The second kappa shape index (κ2) is 13.1. The van der Waals surface area contributed by atoms with E-state index in [1.807, 2.05) is 109 Å². The number of hydrogen-bond acceptors (Lipinski definition) is 7. The normalized spacial score (nSPS) is 14.4. The summed E-state index contributed by atoms with van der Waals surface area (Å²) in [6.07, 6.45) is 1.81. The Morgan fingerprint density at radius 1 is 0.911 bits per heavy atom. The maximum absolute atomic E-state index is 14.1. The number of nitrogens with zero attached hydrogens (tertiary/aromatic N) is 2. The summed E-state index contributed by atoms with van der Waals surface area (Å²) in [6, 6.07) is 31.3. The van der Waals surface area contributed by atoms with Gasteiger partial charge < -0.3 is 19.5 Å². The molecule has 1 aromatic heterocycles. The smallest absolute Gasteiger partial charge is 0.271 e. The average Bonchev–Trinajstić information content (AvgIpc) is 3.37. The van der Waals surface area contributed by atoms with Gasteiger partial charge in [0.25, 0.3) is 11.5 Å². The van der Waals surface area contributed by atoms with Crippen molar-refractivity contribution in [3.63, 3.8) is 0 Å². The largest absolute Gasteiger partial charge is 0.497 e. The van der Waals surface area contributed by atoms with Crippen molar-refractivity contribution in [2.24, 2.45) is 4.99 Å². The fourth-order valence-corrected chi connectivity index (χ4v) is 6.26. The van der Waals surface area contributed by atoms with Gasteiger partial charge in [-0.25, -0.2) is 4.99 Å². The molecule has 45 heavy (non-hydrogen) atoms. The molecule has 5 aromatic rings. The number of amides is 1. The van der Waals surface area contributed by atoms with Crippen LogP contribution in [0.2, 0.25) is 0 Å². The first-order valence-corrected chi connectivity index (χ1v) is 15.1. The number of anilines is 1. The zero-order valence-electron chi connectivity index (χ0n) is 25.0. The van der Waals surface area contributed by atoms with Crippen LogP contribution in [0.4, 0.5) is 5.69 Å². The Labute approximate surface area is 264 Å². The summed E-state index contributed by atoms with van der Waals surface area (Å²) in [5.74, 6) is 1.50. The number of aromatic nitrogens is 1. The summed E-state index contributed by atoms with van der Waals surface area (Å²) in [7, 11) is 3.18. The summed E-state index contributed by atoms with van der Waals surface area (Å²) >= 11 is 1.28. The summed E-state index contributed by atoms with van der Waals surface area (Å²) < 4.78 is 19.1. The van der Waals surface area contributed by atoms with Crippen LogP contribution in [0.3, 0.4) is 0 Å². The number of fused-ring (bicyclic) bond motifs is 1. The average molecular weight is 618 g/mol. The maximum atomic E-state index is 14.1.